The molecule has 1 amide bonds. The molecule has 0 aromatic heterocycles. The summed E-state index contributed by atoms with van der Waals surface area (Å²) in [5, 5.41) is 11.3. The standard InChI is InChI=1S/C11H13IN2O3/c1-14(7-11(16)17)6-10(15)13-9-4-2-3-8(12)5-9/h2-5H,6-7H2,1H3,(H,13,15)(H,16,17). The summed E-state index contributed by atoms with van der Waals surface area (Å²) in [6.45, 7) is -0.0997. The van der Waals surface area contributed by atoms with Crippen LogP contribution in [-0.2, 0) is 9.59 Å². The lowest BCUT2D eigenvalue weighted by Gasteiger charge is -2.13. The van der Waals surface area contributed by atoms with Crippen molar-refractivity contribution in [3.63, 3.8) is 0 Å². The number of carboxylic acid groups (broad SMARTS) is 1. The van der Waals surface area contributed by atoms with Crippen LogP contribution in [0.5, 0.6) is 0 Å². The Labute approximate surface area is 113 Å². The van der Waals surface area contributed by atoms with Crippen LogP contribution in [0.1, 0.15) is 0 Å². The van der Waals surface area contributed by atoms with E-state index in [0.29, 0.717) is 5.69 Å². The van der Waals surface area contributed by atoms with Gasteiger partial charge in [0.2, 0.25) is 5.91 Å². The van der Waals surface area contributed by atoms with Crippen LogP contribution in [0.2, 0.25) is 0 Å². The highest BCUT2D eigenvalue weighted by atomic mass is 127. The smallest absolute Gasteiger partial charge is 0.317 e. The third-order valence-electron chi connectivity index (χ3n) is 1.93. The highest BCUT2D eigenvalue weighted by Crippen LogP contribution is 2.12. The minimum absolute atomic E-state index is 0.0533. The summed E-state index contributed by atoms with van der Waals surface area (Å²) in [6.07, 6.45) is 0. The maximum absolute atomic E-state index is 11.6. The lowest BCUT2D eigenvalue weighted by molar-refractivity contribution is -0.138. The Balaban J connectivity index is 2.47. The van der Waals surface area contributed by atoms with Gasteiger partial charge >= 0.3 is 5.97 Å². The van der Waals surface area contributed by atoms with Crippen molar-refractivity contribution in [2.45, 2.75) is 0 Å². The Morgan fingerprint density at radius 3 is 2.71 bits per heavy atom. The van der Waals surface area contributed by atoms with Crippen LogP contribution in [0.15, 0.2) is 24.3 Å². The number of halogens is 1. The minimum Gasteiger partial charge on any atom is -0.480 e. The minimum atomic E-state index is -0.949. The van der Waals surface area contributed by atoms with Gasteiger partial charge in [-0.25, -0.2) is 0 Å². The van der Waals surface area contributed by atoms with E-state index in [4.69, 9.17) is 5.11 Å². The number of benzene rings is 1. The first-order valence-electron chi connectivity index (χ1n) is 4.93. The summed E-state index contributed by atoms with van der Waals surface area (Å²) in [4.78, 5) is 23.4. The molecule has 0 aliphatic rings. The number of anilines is 1. The normalized spacial score (nSPS) is 10.3. The lowest BCUT2D eigenvalue weighted by Crippen LogP contribution is -2.33. The molecule has 0 radical (unpaired) electrons. The van der Waals surface area contributed by atoms with Crippen LogP contribution in [0.4, 0.5) is 5.69 Å². The molecule has 0 heterocycles. The molecule has 0 spiro atoms. The largest absolute Gasteiger partial charge is 0.480 e. The molecule has 0 aliphatic carbocycles. The number of nitrogens with zero attached hydrogens (tertiary/aromatic N) is 1. The number of rotatable bonds is 5. The van der Waals surface area contributed by atoms with Crippen LogP contribution < -0.4 is 5.32 Å². The Hall–Kier alpha value is -1.15. The van der Waals surface area contributed by atoms with Crippen molar-refractivity contribution in [2.75, 3.05) is 25.5 Å². The van der Waals surface area contributed by atoms with E-state index in [1.54, 1.807) is 13.1 Å². The van der Waals surface area contributed by atoms with Gasteiger partial charge in [0.1, 0.15) is 0 Å². The highest BCUT2D eigenvalue weighted by molar-refractivity contribution is 14.1. The Morgan fingerprint density at radius 2 is 2.12 bits per heavy atom. The molecule has 6 heteroatoms. The summed E-state index contributed by atoms with van der Waals surface area (Å²) >= 11 is 2.15. The molecule has 1 rings (SSSR count). The number of aliphatic carboxylic acids is 1. The second kappa shape index (κ2) is 6.55. The number of amides is 1. The van der Waals surface area contributed by atoms with E-state index >= 15 is 0 Å². The van der Waals surface area contributed by atoms with Gasteiger partial charge in [0.05, 0.1) is 13.1 Å². The molecule has 2 N–H and O–H groups in total. The number of nitrogens with one attached hydrogen (secondary N) is 1. The molecule has 0 atom stereocenters. The van der Waals surface area contributed by atoms with Crippen LogP contribution in [0, 0.1) is 3.57 Å². The van der Waals surface area contributed by atoms with Gasteiger partial charge in [0, 0.05) is 9.26 Å². The maximum Gasteiger partial charge on any atom is 0.317 e. The summed E-state index contributed by atoms with van der Waals surface area (Å²) in [7, 11) is 1.59. The zero-order chi connectivity index (χ0) is 12.8. The molecule has 0 saturated carbocycles. The Kier molecular flexibility index (Phi) is 5.36. The van der Waals surface area contributed by atoms with Crippen molar-refractivity contribution in [3.05, 3.63) is 27.8 Å². The molecule has 0 unspecified atom stereocenters. The van der Waals surface area contributed by atoms with Crippen LogP contribution in [0.25, 0.3) is 0 Å². The van der Waals surface area contributed by atoms with E-state index in [2.05, 4.69) is 27.9 Å². The molecule has 0 fully saturated rings. The average molecular weight is 348 g/mol. The van der Waals surface area contributed by atoms with Crippen LogP contribution in [0.3, 0.4) is 0 Å². The molecule has 1 aromatic rings. The zero-order valence-electron chi connectivity index (χ0n) is 9.31. The van der Waals surface area contributed by atoms with Crippen molar-refractivity contribution in [1.82, 2.24) is 4.90 Å². The predicted octanol–water partition coefficient (Wildman–Crippen LogP) is 1.25. The van der Waals surface area contributed by atoms with E-state index in [-0.39, 0.29) is 19.0 Å². The molecule has 1 aromatic carbocycles. The Morgan fingerprint density at radius 1 is 1.41 bits per heavy atom. The van der Waals surface area contributed by atoms with Gasteiger partial charge in [-0.05, 0) is 47.8 Å². The lowest BCUT2D eigenvalue weighted by atomic mass is 10.3. The van der Waals surface area contributed by atoms with Gasteiger partial charge in [-0.15, -0.1) is 0 Å². The van der Waals surface area contributed by atoms with E-state index in [9.17, 15) is 9.59 Å². The van der Waals surface area contributed by atoms with Crippen molar-refractivity contribution in [2.24, 2.45) is 0 Å². The number of carbonyl (C=O) groups is 2. The average Bonchev–Trinajstić information content (AvgIpc) is 2.14. The molecule has 0 saturated heterocycles. The summed E-state index contributed by atoms with van der Waals surface area (Å²) in [5.74, 6) is -1.18. The molecule has 92 valence electrons. The monoisotopic (exact) mass is 348 g/mol. The first kappa shape index (κ1) is 13.9. The molecule has 0 aliphatic heterocycles. The first-order valence-corrected chi connectivity index (χ1v) is 6.01. The summed E-state index contributed by atoms with van der Waals surface area (Å²) in [6, 6.07) is 7.40. The zero-order valence-corrected chi connectivity index (χ0v) is 11.5. The third-order valence-corrected chi connectivity index (χ3v) is 2.60. The fourth-order valence-electron chi connectivity index (χ4n) is 1.30. The van der Waals surface area contributed by atoms with E-state index in [1.165, 1.54) is 4.90 Å². The number of carbonyl (C=O) groups excluding carboxylic acids is 1. The SMILES string of the molecule is CN(CC(=O)O)CC(=O)Nc1cccc(I)c1. The summed E-state index contributed by atoms with van der Waals surface area (Å²) < 4.78 is 1.03. The number of carboxylic acids is 1. The van der Waals surface area contributed by atoms with Gasteiger partial charge in [0.15, 0.2) is 0 Å². The Bertz CT molecular complexity index is 423. The van der Waals surface area contributed by atoms with Crippen LogP contribution in [-0.4, -0.2) is 42.0 Å². The van der Waals surface area contributed by atoms with E-state index < -0.39 is 5.97 Å². The van der Waals surface area contributed by atoms with Gasteiger partial charge < -0.3 is 10.4 Å². The topological polar surface area (TPSA) is 69.6 Å². The molecule has 0 bridgehead atoms. The van der Waals surface area contributed by atoms with E-state index in [0.717, 1.165) is 3.57 Å². The summed E-state index contributed by atoms with van der Waals surface area (Å²) in [5.41, 5.74) is 0.714. The van der Waals surface area contributed by atoms with Crippen LogP contribution >= 0.6 is 22.6 Å². The molecule has 17 heavy (non-hydrogen) atoms. The quantitative estimate of drug-likeness (QED) is 0.786. The van der Waals surface area contributed by atoms with Gasteiger partial charge in [-0.3, -0.25) is 14.5 Å². The highest BCUT2D eigenvalue weighted by Gasteiger charge is 2.09. The fraction of sp³-hybridized carbons (Fsp3) is 0.273. The second-order valence-electron chi connectivity index (χ2n) is 3.62. The van der Waals surface area contributed by atoms with E-state index in [1.807, 2.05) is 18.2 Å². The molecular weight excluding hydrogens is 335 g/mol. The maximum atomic E-state index is 11.6. The number of hydrogen-bond acceptors (Lipinski definition) is 3. The van der Waals surface area contributed by atoms with Gasteiger partial charge in [-0.2, -0.15) is 0 Å². The fourth-order valence-corrected chi connectivity index (χ4v) is 1.84. The van der Waals surface area contributed by atoms with Crippen molar-refractivity contribution >= 4 is 40.2 Å². The predicted molar refractivity (Wildman–Crippen MR) is 72.9 cm³/mol. The second-order valence-corrected chi connectivity index (χ2v) is 4.87. The molecular formula is C11H13IN2O3. The van der Waals surface area contributed by atoms with Crippen molar-refractivity contribution in [3.8, 4) is 0 Å². The van der Waals surface area contributed by atoms with Crippen molar-refractivity contribution in [1.29, 1.82) is 0 Å². The van der Waals surface area contributed by atoms with Gasteiger partial charge in [0.25, 0.3) is 0 Å². The molecule has 5 nitrogen and oxygen atoms in total. The van der Waals surface area contributed by atoms with Crippen molar-refractivity contribution < 1.29 is 14.7 Å². The number of likely N-dealkylation sites (N-methyl/N-ethyl adjacent to an activating group) is 1. The third kappa shape index (κ3) is 5.64. The van der Waals surface area contributed by atoms with Gasteiger partial charge in [-0.1, -0.05) is 6.07 Å². The first-order chi connectivity index (χ1) is 7.97. The number of hydrogen-bond donors (Lipinski definition) is 2.